The molecule has 2 heteroatoms. The minimum Gasteiger partial charge on any atom is -0.455 e. The maximum atomic E-state index is 6.95. The fourth-order valence-corrected chi connectivity index (χ4v) is 9.26. The van der Waals surface area contributed by atoms with Crippen LogP contribution in [-0.4, -0.2) is 0 Å². The van der Waals surface area contributed by atoms with Gasteiger partial charge >= 0.3 is 0 Å². The van der Waals surface area contributed by atoms with E-state index in [9.17, 15) is 0 Å². The summed E-state index contributed by atoms with van der Waals surface area (Å²) in [5.74, 6) is 0. The van der Waals surface area contributed by atoms with Crippen molar-refractivity contribution in [3.8, 4) is 44.5 Å². The SMILES string of the molecule is c1cc(-c2cccc3ccccc23)cc(-c2c3ccccc3c(-c3ccc(-c4cccc5c4oc4ccccc45)c4c3oc3ccccc34)c3ccccc23)c1. The molecule has 12 rings (SSSR count). The van der Waals surface area contributed by atoms with Gasteiger partial charge in [0.05, 0.1) is 0 Å². The molecule has 0 spiro atoms. The highest BCUT2D eigenvalue weighted by Gasteiger charge is 2.24. The fourth-order valence-electron chi connectivity index (χ4n) is 9.26. The second kappa shape index (κ2) is 12.0. The van der Waals surface area contributed by atoms with Gasteiger partial charge in [-0.05, 0) is 84.4 Å². The molecule has 0 unspecified atom stereocenters. The van der Waals surface area contributed by atoms with Crippen LogP contribution in [0.25, 0.3) is 121 Å². The summed E-state index contributed by atoms with van der Waals surface area (Å²) in [7, 11) is 0. The van der Waals surface area contributed by atoms with E-state index in [0.717, 1.165) is 60.6 Å². The summed E-state index contributed by atoms with van der Waals surface area (Å²) in [6, 6.07) is 69.7. The van der Waals surface area contributed by atoms with Gasteiger partial charge in [0.2, 0.25) is 0 Å². The number of hydrogen-bond donors (Lipinski definition) is 0. The Balaban J connectivity index is 1.14. The average molecular weight is 713 g/mol. The Hall–Kier alpha value is -7.42. The van der Waals surface area contributed by atoms with Crippen molar-refractivity contribution in [3.63, 3.8) is 0 Å². The molecule has 260 valence electrons. The zero-order chi connectivity index (χ0) is 36.7. The van der Waals surface area contributed by atoms with Gasteiger partial charge in [-0.3, -0.25) is 0 Å². The lowest BCUT2D eigenvalue weighted by molar-refractivity contribution is 0.669. The summed E-state index contributed by atoms with van der Waals surface area (Å²) in [5, 5.41) is 11.7. The minimum absolute atomic E-state index is 0.864. The molecule has 2 heterocycles. The predicted molar refractivity (Wildman–Crippen MR) is 235 cm³/mol. The lowest BCUT2D eigenvalue weighted by Gasteiger charge is -2.19. The Morgan fingerprint density at radius 1 is 0.268 bits per heavy atom. The summed E-state index contributed by atoms with van der Waals surface area (Å²) in [6.45, 7) is 0. The van der Waals surface area contributed by atoms with Crippen molar-refractivity contribution < 1.29 is 8.83 Å². The second-order valence-electron chi connectivity index (χ2n) is 14.7. The molecular weight excluding hydrogens is 681 g/mol. The van der Waals surface area contributed by atoms with Crippen LogP contribution in [0.3, 0.4) is 0 Å². The van der Waals surface area contributed by atoms with E-state index in [1.807, 2.05) is 12.1 Å². The fraction of sp³-hybridized carbons (Fsp3) is 0. The standard InChI is InChI=1S/C54H32O2/c1-2-18-36-33(14-1)15-12-25-37(36)34-16-11-17-35(32-34)50-39-20-3-5-22-41(39)51(42-23-6-4-21-40(42)50)47-31-30-43(52-46-24-8-10-29-49(46)56-54(47)52)45-27-13-26-44-38-19-7-9-28-48(38)55-53(44)45/h1-32H. The molecule has 0 fully saturated rings. The maximum Gasteiger partial charge on any atom is 0.143 e. The monoisotopic (exact) mass is 712 g/mol. The van der Waals surface area contributed by atoms with Crippen molar-refractivity contribution in [1.29, 1.82) is 0 Å². The van der Waals surface area contributed by atoms with Crippen LogP contribution in [-0.2, 0) is 0 Å². The Morgan fingerprint density at radius 2 is 0.768 bits per heavy atom. The molecule has 0 amide bonds. The van der Waals surface area contributed by atoms with Crippen LogP contribution in [0.15, 0.2) is 203 Å². The lowest BCUT2D eigenvalue weighted by Crippen LogP contribution is -1.92. The van der Waals surface area contributed by atoms with E-state index in [1.54, 1.807) is 0 Å². The second-order valence-corrected chi connectivity index (χ2v) is 14.7. The smallest absolute Gasteiger partial charge is 0.143 e. The molecule has 0 aliphatic rings. The molecule has 56 heavy (non-hydrogen) atoms. The van der Waals surface area contributed by atoms with Crippen LogP contribution >= 0.6 is 0 Å². The predicted octanol–water partition coefficient (Wildman–Crippen LogP) is 15.6. The largest absolute Gasteiger partial charge is 0.455 e. The highest BCUT2D eigenvalue weighted by Crippen LogP contribution is 2.49. The molecule has 2 aromatic heterocycles. The van der Waals surface area contributed by atoms with Gasteiger partial charge in [-0.15, -0.1) is 0 Å². The molecule has 0 aliphatic carbocycles. The van der Waals surface area contributed by atoms with Crippen LogP contribution in [0.4, 0.5) is 0 Å². The highest BCUT2D eigenvalue weighted by atomic mass is 16.3. The molecular formula is C54H32O2. The molecule has 0 saturated carbocycles. The molecule has 0 N–H and O–H groups in total. The molecule has 12 aromatic rings. The minimum atomic E-state index is 0.864. The van der Waals surface area contributed by atoms with Crippen LogP contribution in [0.5, 0.6) is 0 Å². The van der Waals surface area contributed by atoms with Crippen LogP contribution in [0.2, 0.25) is 0 Å². The molecule has 2 nitrogen and oxygen atoms in total. The normalized spacial score (nSPS) is 11.9. The van der Waals surface area contributed by atoms with E-state index in [2.05, 4.69) is 182 Å². The third kappa shape index (κ3) is 4.50. The zero-order valence-electron chi connectivity index (χ0n) is 30.3. The van der Waals surface area contributed by atoms with Crippen molar-refractivity contribution in [2.75, 3.05) is 0 Å². The van der Waals surface area contributed by atoms with E-state index < -0.39 is 0 Å². The molecule has 0 bridgehead atoms. The van der Waals surface area contributed by atoms with Gasteiger partial charge in [0.15, 0.2) is 0 Å². The third-order valence-corrected chi connectivity index (χ3v) is 11.7. The summed E-state index contributed by atoms with van der Waals surface area (Å²) in [5.41, 5.74) is 12.8. The van der Waals surface area contributed by atoms with Gasteiger partial charge in [0, 0.05) is 38.2 Å². The summed E-state index contributed by atoms with van der Waals surface area (Å²) >= 11 is 0. The van der Waals surface area contributed by atoms with Crippen LogP contribution < -0.4 is 0 Å². The van der Waals surface area contributed by atoms with Gasteiger partial charge in [0.1, 0.15) is 22.3 Å². The summed E-state index contributed by atoms with van der Waals surface area (Å²) in [6.07, 6.45) is 0. The summed E-state index contributed by atoms with van der Waals surface area (Å²) in [4.78, 5) is 0. The average Bonchev–Trinajstić information content (AvgIpc) is 3.85. The Kier molecular flexibility index (Phi) is 6.66. The molecule has 0 atom stereocenters. The first-order valence-electron chi connectivity index (χ1n) is 19.2. The number of furan rings is 2. The first-order valence-corrected chi connectivity index (χ1v) is 19.2. The van der Waals surface area contributed by atoms with Crippen LogP contribution in [0.1, 0.15) is 0 Å². The van der Waals surface area contributed by atoms with Crippen LogP contribution in [0, 0.1) is 0 Å². The lowest BCUT2D eigenvalue weighted by atomic mass is 9.84. The number of rotatable bonds is 4. The summed E-state index contributed by atoms with van der Waals surface area (Å²) < 4.78 is 13.5. The number of hydrogen-bond acceptors (Lipinski definition) is 2. The van der Waals surface area contributed by atoms with E-state index in [0.29, 0.717) is 0 Å². The van der Waals surface area contributed by atoms with E-state index in [1.165, 1.54) is 60.1 Å². The van der Waals surface area contributed by atoms with Crippen molar-refractivity contribution >= 4 is 76.2 Å². The Morgan fingerprint density at radius 3 is 1.54 bits per heavy atom. The topological polar surface area (TPSA) is 26.3 Å². The molecule has 10 aromatic carbocycles. The molecule has 0 aliphatic heterocycles. The number of benzene rings is 10. The van der Waals surface area contributed by atoms with Gasteiger partial charge in [-0.25, -0.2) is 0 Å². The van der Waals surface area contributed by atoms with Gasteiger partial charge in [-0.2, -0.15) is 0 Å². The van der Waals surface area contributed by atoms with Crippen molar-refractivity contribution in [2.24, 2.45) is 0 Å². The van der Waals surface area contributed by atoms with E-state index in [-0.39, 0.29) is 0 Å². The first kappa shape index (κ1) is 31.0. The van der Waals surface area contributed by atoms with Gasteiger partial charge < -0.3 is 8.83 Å². The van der Waals surface area contributed by atoms with Crippen molar-refractivity contribution in [1.82, 2.24) is 0 Å². The van der Waals surface area contributed by atoms with E-state index >= 15 is 0 Å². The molecule has 0 radical (unpaired) electrons. The zero-order valence-corrected chi connectivity index (χ0v) is 30.3. The number of fused-ring (bicyclic) bond motifs is 9. The molecule has 0 saturated heterocycles. The van der Waals surface area contributed by atoms with Gasteiger partial charge in [-0.1, -0.05) is 170 Å². The van der Waals surface area contributed by atoms with Gasteiger partial charge in [0.25, 0.3) is 0 Å². The highest BCUT2D eigenvalue weighted by molar-refractivity contribution is 6.26. The quantitative estimate of drug-likeness (QED) is 0.170. The van der Waals surface area contributed by atoms with E-state index in [4.69, 9.17) is 8.83 Å². The Bertz CT molecular complexity index is 3480. The number of para-hydroxylation sites is 3. The maximum absolute atomic E-state index is 6.95. The van der Waals surface area contributed by atoms with Crippen molar-refractivity contribution in [2.45, 2.75) is 0 Å². The Labute approximate surface area is 322 Å². The third-order valence-electron chi connectivity index (χ3n) is 11.7. The van der Waals surface area contributed by atoms with Crippen molar-refractivity contribution in [3.05, 3.63) is 194 Å². The first-order chi connectivity index (χ1) is 27.8.